The Morgan fingerprint density at radius 1 is 1.08 bits per heavy atom. The van der Waals surface area contributed by atoms with Crippen molar-refractivity contribution >= 4 is 23.2 Å². The number of urea groups is 1. The van der Waals surface area contributed by atoms with Crippen molar-refractivity contribution in [2.75, 3.05) is 24.1 Å². The molecule has 1 spiro atoms. The standard InChI is InChI=1S/C19H18FN3O2/c20-14-4-1-12(2-5-14)13-3-6-16(21)17(7-13)22-18(25)23-10-19(11-23)8-15(24)9-19/h1-7H,8-11,21H2,(H,22,25). The fraction of sp³-hybridized carbons (Fsp3) is 0.263. The maximum absolute atomic E-state index is 13.1. The molecule has 5 nitrogen and oxygen atoms in total. The van der Waals surface area contributed by atoms with E-state index in [1.54, 1.807) is 29.2 Å². The van der Waals surface area contributed by atoms with Crippen LogP contribution in [0.15, 0.2) is 42.5 Å². The number of nitrogens with zero attached hydrogens (tertiary/aromatic N) is 1. The molecule has 1 saturated heterocycles. The maximum Gasteiger partial charge on any atom is 0.321 e. The lowest BCUT2D eigenvalue weighted by Gasteiger charge is -2.54. The Balaban J connectivity index is 1.47. The van der Waals surface area contributed by atoms with Crippen LogP contribution in [0, 0.1) is 11.2 Å². The number of nitrogens with one attached hydrogen (secondary N) is 1. The molecule has 4 rings (SSSR count). The molecule has 2 fully saturated rings. The van der Waals surface area contributed by atoms with Gasteiger partial charge in [-0.15, -0.1) is 0 Å². The third-order valence-corrected chi connectivity index (χ3v) is 4.96. The first-order valence-corrected chi connectivity index (χ1v) is 8.17. The van der Waals surface area contributed by atoms with Gasteiger partial charge in [0, 0.05) is 31.3 Å². The molecule has 0 bridgehead atoms. The van der Waals surface area contributed by atoms with E-state index < -0.39 is 0 Å². The van der Waals surface area contributed by atoms with Crippen LogP contribution < -0.4 is 11.1 Å². The molecular formula is C19H18FN3O2. The van der Waals surface area contributed by atoms with Gasteiger partial charge < -0.3 is 16.0 Å². The summed E-state index contributed by atoms with van der Waals surface area (Å²) < 4.78 is 13.1. The van der Waals surface area contributed by atoms with Gasteiger partial charge in [0.15, 0.2) is 0 Å². The third kappa shape index (κ3) is 2.84. The van der Waals surface area contributed by atoms with Gasteiger partial charge in [-0.25, -0.2) is 9.18 Å². The first-order chi connectivity index (χ1) is 11.9. The second-order valence-corrected chi connectivity index (χ2v) is 6.99. The van der Waals surface area contributed by atoms with Crippen LogP contribution in [-0.2, 0) is 4.79 Å². The van der Waals surface area contributed by atoms with Crippen molar-refractivity contribution in [2.45, 2.75) is 12.8 Å². The van der Waals surface area contributed by atoms with Crippen molar-refractivity contribution in [3.05, 3.63) is 48.3 Å². The quantitative estimate of drug-likeness (QED) is 0.825. The molecule has 0 unspecified atom stereocenters. The van der Waals surface area contributed by atoms with E-state index in [1.807, 2.05) is 6.07 Å². The summed E-state index contributed by atoms with van der Waals surface area (Å²) in [4.78, 5) is 25.2. The van der Waals surface area contributed by atoms with Gasteiger partial charge >= 0.3 is 6.03 Å². The van der Waals surface area contributed by atoms with E-state index in [9.17, 15) is 14.0 Å². The molecule has 1 heterocycles. The highest BCUT2D eigenvalue weighted by atomic mass is 19.1. The topological polar surface area (TPSA) is 75.4 Å². The highest BCUT2D eigenvalue weighted by Gasteiger charge is 2.53. The fourth-order valence-corrected chi connectivity index (χ4v) is 3.60. The molecule has 2 amide bonds. The van der Waals surface area contributed by atoms with E-state index in [0.29, 0.717) is 37.3 Å². The van der Waals surface area contributed by atoms with E-state index in [4.69, 9.17) is 5.73 Å². The Bertz CT molecular complexity index is 847. The van der Waals surface area contributed by atoms with E-state index in [-0.39, 0.29) is 23.0 Å². The maximum atomic E-state index is 13.1. The largest absolute Gasteiger partial charge is 0.397 e. The van der Waals surface area contributed by atoms with Crippen LogP contribution in [0.2, 0.25) is 0 Å². The molecule has 0 atom stereocenters. The van der Waals surface area contributed by atoms with Gasteiger partial charge in [0.2, 0.25) is 0 Å². The van der Waals surface area contributed by atoms with E-state index >= 15 is 0 Å². The van der Waals surface area contributed by atoms with Crippen LogP contribution in [0.4, 0.5) is 20.6 Å². The number of anilines is 2. The first-order valence-electron chi connectivity index (χ1n) is 8.17. The van der Waals surface area contributed by atoms with Gasteiger partial charge in [-0.05, 0) is 35.4 Å². The zero-order chi connectivity index (χ0) is 17.6. The van der Waals surface area contributed by atoms with Crippen molar-refractivity contribution in [3.63, 3.8) is 0 Å². The number of rotatable bonds is 2. The lowest BCUT2D eigenvalue weighted by atomic mass is 9.63. The second kappa shape index (κ2) is 5.58. The van der Waals surface area contributed by atoms with Gasteiger partial charge in [0.05, 0.1) is 11.4 Å². The summed E-state index contributed by atoms with van der Waals surface area (Å²) in [6.07, 6.45) is 1.16. The zero-order valence-electron chi connectivity index (χ0n) is 13.6. The van der Waals surface area contributed by atoms with Crippen molar-refractivity contribution < 1.29 is 14.0 Å². The van der Waals surface area contributed by atoms with Crippen LogP contribution in [0.1, 0.15) is 12.8 Å². The van der Waals surface area contributed by atoms with Crippen LogP contribution in [0.25, 0.3) is 11.1 Å². The van der Waals surface area contributed by atoms with E-state index in [2.05, 4.69) is 5.32 Å². The lowest BCUT2D eigenvalue weighted by molar-refractivity contribution is -0.141. The van der Waals surface area contributed by atoms with Gasteiger partial charge in [0.1, 0.15) is 11.6 Å². The van der Waals surface area contributed by atoms with Gasteiger partial charge in [-0.3, -0.25) is 4.79 Å². The van der Waals surface area contributed by atoms with Crippen molar-refractivity contribution in [2.24, 2.45) is 5.41 Å². The Morgan fingerprint density at radius 3 is 2.36 bits per heavy atom. The molecule has 2 aromatic carbocycles. The molecule has 128 valence electrons. The fourth-order valence-electron chi connectivity index (χ4n) is 3.60. The SMILES string of the molecule is Nc1ccc(-c2ccc(F)cc2)cc1NC(=O)N1CC2(CC(=O)C2)C1. The second-order valence-electron chi connectivity index (χ2n) is 6.99. The molecule has 1 aliphatic carbocycles. The number of nitrogen functional groups attached to an aromatic ring is 1. The smallest absolute Gasteiger partial charge is 0.321 e. The van der Waals surface area contributed by atoms with E-state index in [1.165, 1.54) is 12.1 Å². The minimum absolute atomic E-state index is 0.0237. The number of carbonyl (C=O) groups is 2. The van der Waals surface area contributed by atoms with Crippen LogP contribution in [0.3, 0.4) is 0 Å². The number of ketones is 1. The minimum atomic E-state index is -0.297. The van der Waals surface area contributed by atoms with Gasteiger partial charge in [0.25, 0.3) is 0 Å². The number of hydrogen-bond donors (Lipinski definition) is 2. The highest BCUT2D eigenvalue weighted by Crippen LogP contribution is 2.46. The number of amides is 2. The number of hydrogen-bond acceptors (Lipinski definition) is 3. The van der Waals surface area contributed by atoms with Crippen LogP contribution in [0.5, 0.6) is 0 Å². The van der Waals surface area contributed by atoms with E-state index in [0.717, 1.165) is 11.1 Å². The summed E-state index contributed by atoms with van der Waals surface area (Å²) in [6.45, 7) is 1.23. The predicted molar refractivity (Wildman–Crippen MR) is 93.5 cm³/mol. The van der Waals surface area contributed by atoms with Crippen LogP contribution in [-0.4, -0.2) is 29.8 Å². The van der Waals surface area contributed by atoms with Crippen molar-refractivity contribution in [1.29, 1.82) is 0 Å². The normalized spacial score (nSPS) is 17.8. The molecule has 1 saturated carbocycles. The Labute approximate surface area is 144 Å². The Kier molecular flexibility index (Phi) is 3.49. The zero-order valence-corrected chi connectivity index (χ0v) is 13.6. The molecule has 2 aromatic rings. The van der Waals surface area contributed by atoms with Crippen LogP contribution >= 0.6 is 0 Å². The molecule has 0 aromatic heterocycles. The molecule has 6 heteroatoms. The minimum Gasteiger partial charge on any atom is -0.397 e. The molecule has 3 N–H and O–H groups in total. The molecule has 1 aliphatic heterocycles. The number of carbonyl (C=O) groups excluding carboxylic acids is 2. The summed E-state index contributed by atoms with van der Waals surface area (Å²) in [5.74, 6) is -0.0230. The van der Waals surface area contributed by atoms with Gasteiger partial charge in [-0.2, -0.15) is 0 Å². The third-order valence-electron chi connectivity index (χ3n) is 4.96. The predicted octanol–water partition coefficient (Wildman–Crippen LogP) is 3.27. The average Bonchev–Trinajstić information content (AvgIpc) is 2.52. The number of halogens is 1. The summed E-state index contributed by atoms with van der Waals surface area (Å²) in [6, 6.07) is 11.3. The molecule has 25 heavy (non-hydrogen) atoms. The summed E-state index contributed by atoms with van der Waals surface area (Å²) in [5, 5.41) is 2.83. The molecule has 0 radical (unpaired) electrons. The summed E-state index contributed by atoms with van der Waals surface area (Å²) in [7, 11) is 0. The number of nitrogens with two attached hydrogens (primary N) is 1. The average molecular weight is 339 g/mol. The number of Topliss-reactive ketones (excluding diaryl/α,β-unsaturated/α-hetero) is 1. The molecular weight excluding hydrogens is 321 g/mol. The number of benzene rings is 2. The Morgan fingerprint density at radius 2 is 1.72 bits per heavy atom. The monoisotopic (exact) mass is 339 g/mol. The number of likely N-dealkylation sites (tertiary alicyclic amines) is 1. The lowest BCUT2D eigenvalue weighted by Crippen LogP contribution is -2.64. The summed E-state index contributed by atoms with van der Waals surface area (Å²) >= 11 is 0. The first kappa shape index (κ1) is 15.6. The van der Waals surface area contributed by atoms with Gasteiger partial charge in [-0.1, -0.05) is 18.2 Å². The molecule has 2 aliphatic rings. The van der Waals surface area contributed by atoms with Crippen molar-refractivity contribution in [1.82, 2.24) is 4.90 Å². The Hall–Kier alpha value is -2.89. The summed E-state index contributed by atoms with van der Waals surface area (Å²) in [5.41, 5.74) is 8.67. The highest BCUT2D eigenvalue weighted by molar-refractivity contribution is 5.95. The van der Waals surface area contributed by atoms with Crippen molar-refractivity contribution in [3.8, 4) is 11.1 Å².